The Morgan fingerprint density at radius 3 is 1.47 bits per heavy atom. The summed E-state index contributed by atoms with van der Waals surface area (Å²) in [6.45, 7) is 15.5. The second-order valence-electron chi connectivity index (χ2n) is 5.72. The van der Waals surface area contributed by atoms with Gasteiger partial charge in [-0.3, -0.25) is 0 Å². The van der Waals surface area contributed by atoms with Crippen LogP contribution in [0.15, 0.2) is 0 Å². The van der Waals surface area contributed by atoms with Gasteiger partial charge in [0.25, 0.3) is 0 Å². The van der Waals surface area contributed by atoms with E-state index in [9.17, 15) is 0 Å². The van der Waals surface area contributed by atoms with Crippen molar-refractivity contribution < 1.29 is 13.3 Å². The Labute approximate surface area is 108 Å². The Morgan fingerprint density at radius 1 is 0.824 bits per heavy atom. The molecule has 1 rings (SSSR count). The molecule has 1 saturated carbocycles. The van der Waals surface area contributed by atoms with E-state index in [1.165, 1.54) is 6.42 Å². The summed E-state index contributed by atoms with van der Waals surface area (Å²) in [5.41, 5.74) is 1.38. The third-order valence-corrected chi connectivity index (χ3v) is 10.2. The maximum Gasteiger partial charge on any atom is 0.504 e. The zero-order valence-corrected chi connectivity index (χ0v) is 14.2. The molecule has 0 radical (unpaired) electrons. The van der Waals surface area contributed by atoms with Crippen LogP contribution in [0, 0.1) is 0 Å². The number of rotatable bonds is 8. The Balaban J connectivity index is 2.76. The minimum atomic E-state index is -2.40. The number of hydrogen-bond donors (Lipinski definition) is 0. The average Bonchev–Trinajstić information content (AvgIpc) is 2.97. The standard InChI is InChI=1S/C12H28O3Si2/c1-7-13-17(14-8-2,15-9-3)12-10-11(12)16(4,5)6/h11-12H,7-10H2,1-6H3/t11-,12+/m0/s1. The highest BCUT2D eigenvalue weighted by Crippen LogP contribution is 2.62. The largest absolute Gasteiger partial charge is 0.504 e. The lowest BCUT2D eigenvalue weighted by atomic mass is 10.9. The molecule has 0 aromatic carbocycles. The second kappa shape index (κ2) is 5.97. The van der Waals surface area contributed by atoms with Gasteiger partial charge in [-0.05, 0) is 32.7 Å². The van der Waals surface area contributed by atoms with Crippen molar-refractivity contribution in [2.75, 3.05) is 19.8 Å². The van der Waals surface area contributed by atoms with Crippen LogP contribution in [0.4, 0.5) is 0 Å². The SMILES string of the molecule is CCO[Si](OCC)(OCC)[C@@H]1C[C@@H]1[Si](C)(C)C. The van der Waals surface area contributed by atoms with Crippen molar-refractivity contribution in [2.24, 2.45) is 0 Å². The Bertz CT molecular complexity index is 223. The first-order valence-electron chi connectivity index (χ1n) is 6.83. The monoisotopic (exact) mass is 276 g/mol. The van der Waals surface area contributed by atoms with Crippen LogP contribution in [0.1, 0.15) is 27.2 Å². The van der Waals surface area contributed by atoms with E-state index in [-0.39, 0.29) is 0 Å². The van der Waals surface area contributed by atoms with Gasteiger partial charge in [-0.2, -0.15) is 0 Å². The molecule has 0 aromatic rings. The molecular weight excluding hydrogens is 248 g/mol. The molecule has 0 spiro atoms. The molecule has 2 atom stereocenters. The predicted octanol–water partition coefficient (Wildman–Crippen LogP) is 3.52. The highest BCUT2D eigenvalue weighted by Gasteiger charge is 2.64. The first-order chi connectivity index (χ1) is 7.91. The molecule has 5 heteroatoms. The van der Waals surface area contributed by atoms with Gasteiger partial charge in [-0.1, -0.05) is 19.6 Å². The van der Waals surface area contributed by atoms with E-state index in [0.717, 1.165) is 5.54 Å². The maximum atomic E-state index is 5.98. The summed E-state index contributed by atoms with van der Waals surface area (Å²) in [6, 6.07) is 0. The molecule has 0 bridgehead atoms. The van der Waals surface area contributed by atoms with Crippen LogP contribution in [0.5, 0.6) is 0 Å². The summed E-state index contributed by atoms with van der Waals surface area (Å²) in [5, 5.41) is 0. The van der Waals surface area contributed by atoms with Crippen LogP contribution in [0.25, 0.3) is 0 Å². The zero-order chi connectivity index (χ0) is 13.1. The summed E-state index contributed by atoms with van der Waals surface area (Å²) in [5.74, 6) is 0. The molecule has 1 fully saturated rings. The van der Waals surface area contributed by atoms with Crippen LogP contribution in [-0.4, -0.2) is 36.7 Å². The van der Waals surface area contributed by atoms with E-state index in [2.05, 4.69) is 19.6 Å². The predicted molar refractivity (Wildman–Crippen MR) is 76.1 cm³/mol. The van der Waals surface area contributed by atoms with Crippen LogP contribution >= 0.6 is 0 Å². The van der Waals surface area contributed by atoms with E-state index < -0.39 is 16.9 Å². The number of hydrogen-bond acceptors (Lipinski definition) is 3. The average molecular weight is 277 g/mol. The molecule has 0 aliphatic heterocycles. The topological polar surface area (TPSA) is 27.7 Å². The van der Waals surface area contributed by atoms with Crippen molar-refractivity contribution in [1.82, 2.24) is 0 Å². The second-order valence-corrected chi connectivity index (χ2v) is 14.0. The summed E-state index contributed by atoms with van der Waals surface area (Å²) in [4.78, 5) is 0. The molecule has 1 aliphatic rings. The van der Waals surface area contributed by atoms with Crippen LogP contribution in [0.3, 0.4) is 0 Å². The lowest BCUT2D eigenvalue weighted by Crippen LogP contribution is -2.47. The van der Waals surface area contributed by atoms with Crippen molar-refractivity contribution in [3.05, 3.63) is 0 Å². The van der Waals surface area contributed by atoms with Crippen LogP contribution in [-0.2, 0) is 13.3 Å². The molecule has 0 aromatic heterocycles. The van der Waals surface area contributed by atoms with E-state index in [1.807, 2.05) is 20.8 Å². The van der Waals surface area contributed by atoms with Crippen LogP contribution < -0.4 is 0 Å². The van der Waals surface area contributed by atoms with Gasteiger partial charge in [-0.15, -0.1) is 0 Å². The van der Waals surface area contributed by atoms with E-state index >= 15 is 0 Å². The Hall–Kier alpha value is 0.314. The van der Waals surface area contributed by atoms with E-state index in [0.29, 0.717) is 25.4 Å². The minimum Gasteiger partial charge on any atom is -0.374 e. The normalized spacial score (nSPS) is 25.1. The lowest BCUT2D eigenvalue weighted by Gasteiger charge is -2.30. The molecule has 0 amide bonds. The summed E-state index contributed by atoms with van der Waals surface area (Å²) in [6.07, 6.45) is 1.25. The first-order valence-corrected chi connectivity index (χ1v) is 12.2. The van der Waals surface area contributed by atoms with Crippen molar-refractivity contribution >= 4 is 16.9 Å². The van der Waals surface area contributed by atoms with Crippen molar-refractivity contribution in [2.45, 2.75) is 57.9 Å². The molecule has 0 N–H and O–H groups in total. The maximum absolute atomic E-state index is 5.98. The molecular formula is C12H28O3Si2. The summed E-state index contributed by atoms with van der Waals surface area (Å²) in [7, 11) is -3.49. The quantitative estimate of drug-likeness (QED) is 0.635. The summed E-state index contributed by atoms with van der Waals surface area (Å²) >= 11 is 0. The van der Waals surface area contributed by atoms with E-state index in [4.69, 9.17) is 13.3 Å². The fourth-order valence-corrected chi connectivity index (χ4v) is 10.2. The van der Waals surface area contributed by atoms with Gasteiger partial charge in [0.15, 0.2) is 0 Å². The van der Waals surface area contributed by atoms with Gasteiger partial charge in [0.1, 0.15) is 0 Å². The molecule has 17 heavy (non-hydrogen) atoms. The van der Waals surface area contributed by atoms with Crippen molar-refractivity contribution in [3.63, 3.8) is 0 Å². The van der Waals surface area contributed by atoms with Gasteiger partial charge in [0.2, 0.25) is 0 Å². The Morgan fingerprint density at radius 2 is 1.24 bits per heavy atom. The molecule has 0 heterocycles. The van der Waals surface area contributed by atoms with Gasteiger partial charge < -0.3 is 13.3 Å². The van der Waals surface area contributed by atoms with Gasteiger partial charge in [0.05, 0.1) is 0 Å². The molecule has 102 valence electrons. The molecule has 0 saturated heterocycles. The highest BCUT2D eigenvalue weighted by atomic mass is 28.4. The lowest BCUT2D eigenvalue weighted by molar-refractivity contribution is 0.0694. The van der Waals surface area contributed by atoms with Gasteiger partial charge >= 0.3 is 8.80 Å². The Kier molecular flexibility index (Phi) is 5.40. The van der Waals surface area contributed by atoms with Crippen molar-refractivity contribution in [3.8, 4) is 0 Å². The third-order valence-electron chi connectivity index (χ3n) is 3.39. The fourth-order valence-electron chi connectivity index (χ4n) is 2.59. The third kappa shape index (κ3) is 3.64. The molecule has 1 aliphatic carbocycles. The smallest absolute Gasteiger partial charge is 0.374 e. The first kappa shape index (κ1) is 15.4. The molecule has 0 unspecified atom stereocenters. The minimum absolute atomic E-state index is 0.564. The van der Waals surface area contributed by atoms with Gasteiger partial charge in [-0.25, -0.2) is 0 Å². The van der Waals surface area contributed by atoms with Crippen molar-refractivity contribution in [1.29, 1.82) is 0 Å². The zero-order valence-electron chi connectivity index (χ0n) is 12.2. The van der Waals surface area contributed by atoms with Crippen LogP contribution in [0.2, 0.25) is 30.7 Å². The van der Waals surface area contributed by atoms with E-state index in [1.54, 1.807) is 0 Å². The van der Waals surface area contributed by atoms with Gasteiger partial charge in [0, 0.05) is 33.4 Å². The highest BCUT2D eigenvalue weighted by molar-refractivity contribution is 6.81. The fraction of sp³-hybridized carbons (Fsp3) is 1.00. The summed E-state index contributed by atoms with van der Waals surface area (Å²) < 4.78 is 17.9. The molecule has 3 nitrogen and oxygen atoms in total.